The first-order chi connectivity index (χ1) is 15.0. The monoisotopic (exact) mass is 426 g/mol. The van der Waals surface area contributed by atoms with Gasteiger partial charge >= 0.3 is 0 Å². The molecule has 4 aromatic rings. The molecule has 1 aliphatic rings. The van der Waals surface area contributed by atoms with Crippen LogP contribution < -0.4 is 10.1 Å². The van der Waals surface area contributed by atoms with Gasteiger partial charge in [-0.2, -0.15) is 5.10 Å². The van der Waals surface area contributed by atoms with Gasteiger partial charge in [0.1, 0.15) is 11.7 Å². The van der Waals surface area contributed by atoms with Gasteiger partial charge in [0.15, 0.2) is 23.0 Å². The highest BCUT2D eigenvalue weighted by Gasteiger charge is 2.43. The standard InChI is InChI=1S/C21H20F2N6O2/c1-3-10-17(12-6-25-28-19(12)20(18(10)23)31-4-2)14-8-29-9-15(26-16(29)7-24-14)27-21(30)11-5-13(11)22/h6-9,11,13H,3-5H2,1-2H3,(H,25,28)(H,27,30)/t11-,13+/m1/s1. The van der Waals surface area contributed by atoms with E-state index in [0.717, 1.165) is 0 Å². The van der Waals surface area contributed by atoms with Gasteiger partial charge in [0.25, 0.3) is 0 Å². The number of nitrogens with one attached hydrogen (secondary N) is 2. The van der Waals surface area contributed by atoms with E-state index in [1.807, 2.05) is 6.92 Å². The predicted octanol–water partition coefficient (Wildman–Crippen LogP) is 3.67. The molecule has 0 radical (unpaired) electrons. The summed E-state index contributed by atoms with van der Waals surface area (Å²) in [6.45, 7) is 3.98. The molecule has 160 valence electrons. The predicted molar refractivity (Wildman–Crippen MR) is 110 cm³/mol. The molecule has 0 spiro atoms. The molecule has 2 N–H and O–H groups in total. The molecule has 1 aliphatic carbocycles. The van der Waals surface area contributed by atoms with Crippen LogP contribution in [0.2, 0.25) is 0 Å². The number of alkyl halides is 1. The Bertz CT molecular complexity index is 1310. The molecule has 0 saturated heterocycles. The van der Waals surface area contributed by atoms with Crippen LogP contribution in [-0.4, -0.2) is 43.3 Å². The van der Waals surface area contributed by atoms with Crippen molar-refractivity contribution in [3.63, 3.8) is 0 Å². The van der Waals surface area contributed by atoms with Gasteiger partial charge in [0.2, 0.25) is 5.91 Å². The number of nitrogens with zero attached hydrogens (tertiary/aromatic N) is 4. The Morgan fingerprint density at radius 3 is 2.87 bits per heavy atom. The lowest BCUT2D eigenvalue weighted by molar-refractivity contribution is -0.117. The second-order valence-electron chi connectivity index (χ2n) is 7.45. The van der Waals surface area contributed by atoms with Gasteiger partial charge in [-0.3, -0.25) is 14.9 Å². The van der Waals surface area contributed by atoms with Crippen LogP contribution in [0.3, 0.4) is 0 Å². The van der Waals surface area contributed by atoms with Crippen molar-refractivity contribution in [2.24, 2.45) is 5.92 Å². The van der Waals surface area contributed by atoms with Crippen molar-refractivity contribution in [3.8, 4) is 17.0 Å². The normalized spacial score (nSPS) is 17.9. The lowest BCUT2D eigenvalue weighted by Crippen LogP contribution is -2.15. The number of aromatic nitrogens is 5. The number of ether oxygens (including phenoxy) is 1. The lowest BCUT2D eigenvalue weighted by atomic mass is 9.97. The molecule has 1 amide bonds. The van der Waals surface area contributed by atoms with Crippen molar-refractivity contribution in [1.82, 2.24) is 24.6 Å². The number of hydrogen-bond donors (Lipinski definition) is 2. The number of amides is 1. The minimum atomic E-state index is -1.08. The molecule has 0 aliphatic heterocycles. The van der Waals surface area contributed by atoms with Gasteiger partial charge < -0.3 is 14.5 Å². The number of carbonyl (C=O) groups is 1. The summed E-state index contributed by atoms with van der Waals surface area (Å²) in [6.07, 6.45) is 6.10. The van der Waals surface area contributed by atoms with E-state index in [9.17, 15) is 9.18 Å². The van der Waals surface area contributed by atoms with Gasteiger partial charge in [-0.1, -0.05) is 6.92 Å². The zero-order chi connectivity index (χ0) is 21.7. The van der Waals surface area contributed by atoms with Gasteiger partial charge in [0.05, 0.1) is 36.8 Å². The number of rotatable bonds is 6. The second-order valence-corrected chi connectivity index (χ2v) is 7.45. The van der Waals surface area contributed by atoms with E-state index < -0.39 is 17.9 Å². The molecule has 0 unspecified atom stereocenters. The van der Waals surface area contributed by atoms with E-state index in [1.54, 1.807) is 36.1 Å². The number of H-pyrrole nitrogens is 1. The Hall–Kier alpha value is -3.56. The maximum Gasteiger partial charge on any atom is 0.231 e. The first kappa shape index (κ1) is 19.4. The Labute approximate surface area is 175 Å². The maximum absolute atomic E-state index is 15.3. The van der Waals surface area contributed by atoms with Crippen LogP contribution in [0, 0.1) is 11.7 Å². The molecule has 10 heteroatoms. The molecule has 2 atom stereocenters. The Morgan fingerprint density at radius 1 is 1.35 bits per heavy atom. The molecule has 8 nitrogen and oxygen atoms in total. The minimum Gasteiger partial charge on any atom is -0.489 e. The van der Waals surface area contributed by atoms with Crippen LogP contribution in [0.4, 0.5) is 14.6 Å². The highest BCUT2D eigenvalue weighted by molar-refractivity contribution is 5.99. The number of anilines is 1. The third-order valence-corrected chi connectivity index (χ3v) is 5.44. The molecule has 0 bridgehead atoms. The number of aromatic amines is 1. The summed E-state index contributed by atoms with van der Waals surface area (Å²) in [7, 11) is 0. The first-order valence-corrected chi connectivity index (χ1v) is 10.1. The number of carbonyl (C=O) groups excluding carboxylic acids is 1. The Morgan fingerprint density at radius 2 is 2.16 bits per heavy atom. The fourth-order valence-corrected chi connectivity index (χ4v) is 3.82. The van der Waals surface area contributed by atoms with Gasteiger partial charge in [0, 0.05) is 22.7 Å². The summed E-state index contributed by atoms with van der Waals surface area (Å²) in [6, 6.07) is 0. The van der Waals surface area contributed by atoms with Crippen LogP contribution in [0.5, 0.6) is 5.75 Å². The average molecular weight is 426 g/mol. The van der Waals surface area contributed by atoms with E-state index in [1.165, 1.54) is 0 Å². The number of benzene rings is 1. The number of fused-ring (bicyclic) bond motifs is 2. The quantitative estimate of drug-likeness (QED) is 0.490. The molecule has 3 heterocycles. The van der Waals surface area contributed by atoms with E-state index in [4.69, 9.17) is 4.74 Å². The smallest absolute Gasteiger partial charge is 0.231 e. The van der Waals surface area contributed by atoms with Crippen molar-refractivity contribution >= 4 is 28.3 Å². The Balaban J connectivity index is 1.60. The second kappa shape index (κ2) is 7.29. The average Bonchev–Trinajstić information content (AvgIpc) is 3.13. The van der Waals surface area contributed by atoms with Gasteiger partial charge in [-0.15, -0.1) is 0 Å². The van der Waals surface area contributed by atoms with Crippen LogP contribution in [-0.2, 0) is 11.2 Å². The highest BCUT2D eigenvalue weighted by Crippen LogP contribution is 2.39. The third-order valence-electron chi connectivity index (χ3n) is 5.44. The van der Waals surface area contributed by atoms with Crippen LogP contribution in [0.25, 0.3) is 27.8 Å². The van der Waals surface area contributed by atoms with Crippen molar-refractivity contribution in [3.05, 3.63) is 36.2 Å². The summed E-state index contributed by atoms with van der Waals surface area (Å²) >= 11 is 0. The van der Waals surface area contributed by atoms with Crippen LogP contribution in [0.15, 0.2) is 24.8 Å². The Kier molecular flexibility index (Phi) is 4.57. The highest BCUT2D eigenvalue weighted by atomic mass is 19.1. The summed E-state index contributed by atoms with van der Waals surface area (Å²) < 4.78 is 35.6. The van der Waals surface area contributed by atoms with Crippen molar-refractivity contribution < 1.29 is 18.3 Å². The molecular weight excluding hydrogens is 406 g/mol. The largest absolute Gasteiger partial charge is 0.489 e. The van der Waals surface area contributed by atoms with Gasteiger partial charge in [-0.25, -0.2) is 13.8 Å². The first-order valence-electron chi connectivity index (χ1n) is 10.1. The lowest BCUT2D eigenvalue weighted by Gasteiger charge is -2.15. The van der Waals surface area contributed by atoms with E-state index >= 15 is 4.39 Å². The molecule has 1 fully saturated rings. The SMILES string of the molecule is CCOc1c(F)c(CC)c(-c2cn3cc(NC(=O)[C@@H]4C[C@@H]4F)nc3cn2)c2cn[nH]c12. The minimum absolute atomic E-state index is 0.149. The maximum atomic E-state index is 15.3. The number of imidazole rings is 1. The van der Waals surface area contributed by atoms with Crippen molar-refractivity contribution in [2.45, 2.75) is 32.9 Å². The molecular formula is C21H20F2N6O2. The molecule has 5 rings (SSSR count). The molecule has 1 aromatic carbocycles. The zero-order valence-electron chi connectivity index (χ0n) is 16.9. The van der Waals surface area contributed by atoms with E-state index in [2.05, 4.69) is 25.5 Å². The number of hydrogen-bond acceptors (Lipinski definition) is 5. The number of halogens is 2. The van der Waals surface area contributed by atoms with E-state index in [-0.39, 0.29) is 18.1 Å². The molecule has 3 aromatic heterocycles. The summed E-state index contributed by atoms with van der Waals surface area (Å²) in [5.74, 6) is -0.972. The summed E-state index contributed by atoms with van der Waals surface area (Å²) in [4.78, 5) is 20.8. The molecule has 1 saturated carbocycles. The zero-order valence-corrected chi connectivity index (χ0v) is 16.9. The third kappa shape index (κ3) is 3.18. The fraction of sp³-hybridized carbons (Fsp3) is 0.333. The van der Waals surface area contributed by atoms with Crippen LogP contribution in [0.1, 0.15) is 25.8 Å². The van der Waals surface area contributed by atoms with E-state index in [0.29, 0.717) is 52.2 Å². The van der Waals surface area contributed by atoms with Crippen molar-refractivity contribution in [1.29, 1.82) is 0 Å². The topological polar surface area (TPSA) is 97.2 Å². The van der Waals surface area contributed by atoms with Gasteiger partial charge in [-0.05, 0) is 19.8 Å². The molecule has 31 heavy (non-hydrogen) atoms. The summed E-state index contributed by atoms with van der Waals surface area (Å²) in [5.41, 5.74) is 2.59. The van der Waals surface area contributed by atoms with Crippen LogP contribution >= 0.6 is 0 Å². The van der Waals surface area contributed by atoms with Crippen molar-refractivity contribution in [2.75, 3.05) is 11.9 Å². The fourth-order valence-electron chi connectivity index (χ4n) is 3.82. The summed E-state index contributed by atoms with van der Waals surface area (Å²) in [5, 5.41) is 10.2.